The molecule has 0 aromatic heterocycles. The van der Waals surface area contributed by atoms with Gasteiger partial charge in [0.05, 0.1) is 16.3 Å². The number of halogens is 1. The molecule has 0 spiro atoms. The van der Waals surface area contributed by atoms with Crippen molar-refractivity contribution < 1.29 is 19.5 Å². The van der Waals surface area contributed by atoms with E-state index in [1.165, 1.54) is 42.1 Å². The average molecular weight is 330 g/mol. The SMILES string of the molecule is CN1C(=O)N(c2ccc(Cl)c(C(=O)O)c2)C(=O)N(C)C1S. The Labute approximate surface area is 131 Å². The van der Waals surface area contributed by atoms with Gasteiger partial charge >= 0.3 is 18.0 Å². The Balaban J connectivity index is 2.50. The molecule has 1 aliphatic rings. The lowest BCUT2D eigenvalue weighted by Gasteiger charge is -2.41. The number of aromatic carboxylic acids is 1. The second-order valence-electron chi connectivity index (χ2n) is 4.44. The van der Waals surface area contributed by atoms with E-state index in [2.05, 4.69) is 12.6 Å². The molecule has 1 fully saturated rings. The van der Waals surface area contributed by atoms with E-state index >= 15 is 0 Å². The second kappa shape index (κ2) is 5.45. The number of hydrogen-bond acceptors (Lipinski definition) is 4. The number of carboxylic acids is 1. The van der Waals surface area contributed by atoms with Crippen LogP contribution in [0.25, 0.3) is 0 Å². The third kappa shape index (κ3) is 2.52. The first-order valence-corrected chi connectivity index (χ1v) is 6.69. The van der Waals surface area contributed by atoms with Crippen molar-refractivity contribution in [1.82, 2.24) is 9.80 Å². The van der Waals surface area contributed by atoms with Crippen LogP contribution in [0.4, 0.5) is 15.3 Å². The Morgan fingerprint density at radius 3 is 2.24 bits per heavy atom. The number of carbonyl (C=O) groups is 3. The Morgan fingerprint density at radius 2 is 1.76 bits per heavy atom. The largest absolute Gasteiger partial charge is 0.478 e. The molecule has 1 N–H and O–H groups in total. The Morgan fingerprint density at radius 1 is 1.24 bits per heavy atom. The maximum Gasteiger partial charge on any atom is 0.337 e. The van der Waals surface area contributed by atoms with Gasteiger partial charge in [-0.1, -0.05) is 11.6 Å². The quantitative estimate of drug-likeness (QED) is 0.815. The Kier molecular flexibility index (Phi) is 4.02. The number of hydrogen-bond donors (Lipinski definition) is 2. The lowest BCUT2D eigenvalue weighted by atomic mass is 10.2. The van der Waals surface area contributed by atoms with Crippen molar-refractivity contribution in [2.45, 2.75) is 5.50 Å². The maximum atomic E-state index is 12.2. The molecule has 0 radical (unpaired) electrons. The van der Waals surface area contributed by atoms with Gasteiger partial charge in [-0.15, -0.1) is 12.6 Å². The predicted octanol–water partition coefficient (Wildman–Crippen LogP) is 2.18. The number of amides is 4. The molecule has 0 bridgehead atoms. The zero-order valence-electron chi connectivity index (χ0n) is 11.1. The fraction of sp³-hybridized carbons (Fsp3) is 0.250. The van der Waals surface area contributed by atoms with Gasteiger partial charge in [0.2, 0.25) is 0 Å². The lowest BCUT2D eigenvalue weighted by molar-refractivity contribution is 0.0697. The summed E-state index contributed by atoms with van der Waals surface area (Å²) in [5, 5.41) is 9.09. The summed E-state index contributed by atoms with van der Waals surface area (Å²) in [7, 11) is 2.98. The Hall–Kier alpha value is -1.93. The van der Waals surface area contributed by atoms with Gasteiger partial charge in [-0.05, 0) is 18.2 Å². The highest BCUT2D eigenvalue weighted by Crippen LogP contribution is 2.28. The molecule has 4 amide bonds. The smallest absolute Gasteiger partial charge is 0.337 e. The van der Waals surface area contributed by atoms with Crippen molar-refractivity contribution in [3.63, 3.8) is 0 Å². The summed E-state index contributed by atoms with van der Waals surface area (Å²) in [6.07, 6.45) is 0. The van der Waals surface area contributed by atoms with Gasteiger partial charge in [0.25, 0.3) is 0 Å². The minimum Gasteiger partial charge on any atom is -0.478 e. The normalized spacial score (nSPS) is 16.7. The molecule has 1 heterocycles. The number of imide groups is 1. The number of carboxylic acid groups (broad SMARTS) is 1. The molecule has 0 atom stereocenters. The average Bonchev–Trinajstić information content (AvgIpc) is 2.44. The van der Waals surface area contributed by atoms with Gasteiger partial charge in [0.1, 0.15) is 0 Å². The van der Waals surface area contributed by atoms with E-state index in [1.807, 2.05) is 0 Å². The summed E-state index contributed by atoms with van der Waals surface area (Å²) >= 11 is 9.94. The standard InChI is InChI=1S/C12H12ClN3O4S/c1-14-10(19)16(11(20)15(2)12(14)21)6-3-4-8(13)7(5-6)9(17)18/h3-5,12,21H,1-2H3,(H,17,18). The highest BCUT2D eigenvalue weighted by molar-refractivity contribution is 7.80. The van der Waals surface area contributed by atoms with Crippen molar-refractivity contribution in [3.05, 3.63) is 28.8 Å². The van der Waals surface area contributed by atoms with E-state index in [0.29, 0.717) is 0 Å². The summed E-state index contributed by atoms with van der Waals surface area (Å²) in [5.74, 6) is -1.24. The molecular weight excluding hydrogens is 318 g/mol. The summed E-state index contributed by atoms with van der Waals surface area (Å²) in [6.45, 7) is 0. The van der Waals surface area contributed by atoms with Crippen LogP contribution in [-0.4, -0.2) is 52.5 Å². The zero-order chi connectivity index (χ0) is 15.9. The second-order valence-corrected chi connectivity index (χ2v) is 5.31. The highest BCUT2D eigenvalue weighted by atomic mass is 35.5. The first-order chi connectivity index (χ1) is 9.75. The molecule has 112 valence electrons. The monoisotopic (exact) mass is 329 g/mol. The van der Waals surface area contributed by atoms with Gasteiger partial charge in [-0.2, -0.15) is 0 Å². The number of nitrogens with zero attached hydrogens (tertiary/aromatic N) is 3. The third-order valence-electron chi connectivity index (χ3n) is 3.12. The predicted molar refractivity (Wildman–Crippen MR) is 80.0 cm³/mol. The summed E-state index contributed by atoms with van der Waals surface area (Å²) < 4.78 is 0. The molecule has 21 heavy (non-hydrogen) atoms. The number of thiol groups is 1. The minimum absolute atomic E-state index is 0.0249. The van der Waals surface area contributed by atoms with Crippen molar-refractivity contribution in [2.75, 3.05) is 19.0 Å². The number of carbonyl (C=O) groups excluding carboxylic acids is 2. The number of benzene rings is 1. The molecule has 1 saturated heterocycles. The topological polar surface area (TPSA) is 81.2 Å². The number of rotatable bonds is 2. The van der Waals surface area contributed by atoms with Crippen molar-refractivity contribution >= 4 is 47.9 Å². The van der Waals surface area contributed by atoms with Crippen LogP contribution < -0.4 is 4.90 Å². The lowest BCUT2D eigenvalue weighted by Crippen LogP contribution is -2.62. The fourth-order valence-electron chi connectivity index (χ4n) is 1.89. The first-order valence-electron chi connectivity index (χ1n) is 5.80. The minimum atomic E-state index is -1.24. The van der Waals surface area contributed by atoms with Crippen LogP contribution in [0.5, 0.6) is 0 Å². The van der Waals surface area contributed by atoms with Crippen LogP contribution in [0.15, 0.2) is 18.2 Å². The summed E-state index contributed by atoms with van der Waals surface area (Å²) in [6, 6.07) is 2.72. The van der Waals surface area contributed by atoms with Crippen LogP contribution >= 0.6 is 24.2 Å². The van der Waals surface area contributed by atoms with Crippen LogP contribution in [0.2, 0.25) is 5.02 Å². The van der Waals surface area contributed by atoms with Gasteiger partial charge < -0.3 is 5.11 Å². The van der Waals surface area contributed by atoms with Gasteiger partial charge in [-0.3, -0.25) is 9.80 Å². The molecule has 7 nitrogen and oxygen atoms in total. The molecule has 9 heteroatoms. The fourth-order valence-corrected chi connectivity index (χ4v) is 2.29. The van der Waals surface area contributed by atoms with Crippen LogP contribution in [0, 0.1) is 0 Å². The molecular formula is C12H12ClN3O4S. The first kappa shape index (κ1) is 15.5. The molecule has 1 aliphatic heterocycles. The number of urea groups is 2. The molecule has 1 aromatic carbocycles. The highest BCUT2D eigenvalue weighted by Gasteiger charge is 2.40. The van der Waals surface area contributed by atoms with E-state index in [4.69, 9.17) is 16.7 Å². The van der Waals surface area contributed by atoms with Crippen molar-refractivity contribution in [2.24, 2.45) is 0 Å². The molecule has 0 aliphatic carbocycles. The van der Waals surface area contributed by atoms with E-state index in [0.717, 1.165) is 4.90 Å². The molecule has 0 saturated carbocycles. The van der Waals surface area contributed by atoms with E-state index in [1.54, 1.807) is 0 Å². The third-order valence-corrected chi connectivity index (χ3v) is 4.14. The van der Waals surface area contributed by atoms with E-state index < -0.39 is 23.5 Å². The summed E-state index contributed by atoms with van der Waals surface area (Å²) in [4.78, 5) is 38.9. The van der Waals surface area contributed by atoms with E-state index in [-0.39, 0.29) is 16.3 Å². The molecule has 2 rings (SSSR count). The van der Waals surface area contributed by atoms with E-state index in [9.17, 15) is 14.4 Å². The van der Waals surface area contributed by atoms with Gasteiger partial charge in [0.15, 0.2) is 5.50 Å². The molecule has 0 unspecified atom stereocenters. The van der Waals surface area contributed by atoms with Crippen LogP contribution in [0.3, 0.4) is 0 Å². The van der Waals surface area contributed by atoms with Crippen molar-refractivity contribution in [3.8, 4) is 0 Å². The molecule has 1 aromatic rings. The summed E-state index contributed by atoms with van der Waals surface area (Å²) in [5.41, 5.74) is -0.744. The van der Waals surface area contributed by atoms with Gasteiger partial charge in [0, 0.05) is 14.1 Å². The van der Waals surface area contributed by atoms with Crippen molar-refractivity contribution in [1.29, 1.82) is 0 Å². The van der Waals surface area contributed by atoms with Crippen LogP contribution in [0.1, 0.15) is 10.4 Å². The van der Waals surface area contributed by atoms with Crippen LogP contribution in [-0.2, 0) is 0 Å². The maximum absolute atomic E-state index is 12.2. The Bertz CT molecular complexity index is 617. The zero-order valence-corrected chi connectivity index (χ0v) is 12.8. The van der Waals surface area contributed by atoms with Gasteiger partial charge in [-0.25, -0.2) is 19.3 Å². The number of anilines is 1.